The van der Waals surface area contributed by atoms with Gasteiger partial charge >= 0.3 is 5.97 Å². The van der Waals surface area contributed by atoms with Crippen LogP contribution in [0.1, 0.15) is 16.1 Å². The van der Waals surface area contributed by atoms with E-state index in [2.05, 4.69) is 10.3 Å². The number of amides is 1. The molecule has 128 valence electrons. The van der Waals surface area contributed by atoms with Gasteiger partial charge in [0.15, 0.2) is 12.3 Å². The van der Waals surface area contributed by atoms with Gasteiger partial charge in [-0.15, -0.1) is 22.7 Å². The Labute approximate surface area is 153 Å². The molecule has 2 heterocycles. The molecule has 0 bridgehead atoms. The molecule has 0 saturated heterocycles. The fraction of sp³-hybridized carbons (Fsp3) is 0.167. The second-order valence-corrected chi connectivity index (χ2v) is 6.98. The van der Waals surface area contributed by atoms with Crippen molar-refractivity contribution < 1.29 is 14.3 Å². The highest BCUT2D eigenvalue weighted by Crippen LogP contribution is 2.27. The molecule has 1 aromatic carbocycles. The van der Waals surface area contributed by atoms with Gasteiger partial charge in [0.05, 0.1) is 4.88 Å². The summed E-state index contributed by atoms with van der Waals surface area (Å²) in [6.07, 6.45) is 0.733. The van der Waals surface area contributed by atoms with Crippen LogP contribution in [0.4, 0.5) is 0 Å². The number of benzene rings is 1. The number of thiophene rings is 1. The maximum atomic E-state index is 12.0. The molecule has 25 heavy (non-hydrogen) atoms. The van der Waals surface area contributed by atoms with Crippen molar-refractivity contribution in [1.29, 1.82) is 0 Å². The van der Waals surface area contributed by atoms with Gasteiger partial charge in [-0.25, -0.2) is 9.78 Å². The molecule has 0 unspecified atom stereocenters. The van der Waals surface area contributed by atoms with Gasteiger partial charge < -0.3 is 10.1 Å². The van der Waals surface area contributed by atoms with Gasteiger partial charge in [-0.3, -0.25) is 4.79 Å². The molecule has 1 amide bonds. The van der Waals surface area contributed by atoms with Crippen molar-refractivity contribution in [2.45, 2.75) is 6.42 Å². The zero-order valence-electron chi connectivity index (χ0n) is 13.3. The molecule has 0 aliphatic heterocycles. The first kappa shape index (κ1) is 17.3. The Morgan fingerprint density at radius 3 is 2.68 bits per heavy atom. The first-order valence-corrected chi connectivity index (χ1v) is 9.45. The number of nitrogens with zero attached hydrogens (tertiary/aromatic N) is 1. The lowest BCUT2D eigenvalue weighted by molar-refractivity contribution is -0.124. The van der Waals surface area contributed by atoms with Crippen molar-refractivity contribution in [3.8, 4) is 9.88 Å². The predicted molar refractivity (Wildman–Crippen MR) is 98.9 cm³/mol. The van der Waals surface area contributed by atoms with E-state index >= 15 is 0 Å². The molecule has 3 aromatic rings. The van der Waals surface area contributed by atoms with E-state index in [0.717, 1.165) is 21.9 Å². The van der Waals surface area contributed by atoms with Crippen LogP contribution in [0.3, 0.4) is 0 Å². The maximum absolute atomic E-state index is 12.0. The number of ether oxygens (including phenoxy) is 1. The van der Waals surface area contributed by atoms with Crippen molar-refractivity contribution in [2.75, 3.05) is 13.2 Å². The summed E-state index contributed by atoms with van der Waals surface area (Å²) in [5.74, 6) is -0.907. The molecule has 7 heteroatoms. The predicted octanol–water partition coefficient (Wildman–Crippen LogP) is 3.39. The summed E-state index contributed by atoms with van der Waals surface area (Å²) in [6, 6.07) is 13.7. The molecule has 0 fully saturated rings. The van der Waals surface area contributed by atoms with E-state index in [-0.39, 0.29) is 18.2 Å². The van der Waals surface area contributed by atoms with E-state index < -0.39 is 5.97 Å². The van der Waals surface area contributed by atoms with E-state index in [4.69, 9.17) is 4.74 Å². The van der Waals surface area contributed by atoms with Gasteiger partial charge in [0, 0.05) is 11.9 Å². The minimum absolute atomic E-state index is 0.227. The summed E-state index contributed by atoms with van der Waals surface area (Å²) < 4.78 is 5.02. The topological polar surface area (TPSA) is 68.3 Å². The number of thiazole rings is 1. The smallest absolute Gasteiger partial charge is 0.358 e. The number of aromatic nitrogens is 1. The molecule has 0 saturated carbocycles. The third-order valence-electron chi connectivity index (χ3n) is 3.36. The van der Waals surface area contributed by atoms with Gasteiger partial charge in [0.25, 0.3) is 5.91 Å². The van der Waals surface area contributed by atoms with Crippen molar-refractivity contribution in [2.24, 2.45) is 0 Å². The SMILES string of the molecule is O=C(COC(=O)c1csc(-c2cccs2)n1)NCCc1ccccc1. The minimum Gasteiger partial charge on any atom is -0.451 e. The second-order valence-electron chi connectivity index (χ2n) is 5.18. The van der Waals surface area contributed by atoms with Gasteiger partial charge in [0.2, 0.25) is 0 Å². The largest absolute Gasteiger partial charge is 0.451 e. The van der Waals surface area contributed by atoms with Gasteiger partial charge in [-0.2, -0.15) is 0 Å². The number of hydrogen-bond donors (Lipinski definition) is 1. The van der Waals surface area contributed by atoms with E-state index in [1.165, 1.54) is 11.3 Å². The normalized spacial score (nSPS) is 10.4. The number of nitrogens with one attached hydrogen (secondary N) is 1. The van der Waals surface area contributed by atoms with Gasteiger partial charge in [-0.1, -0.05) is 36.4 Å². The molecule has 0 spiro atoms. The van der Waals surface area contributed by atoms with Crippen LogP contribution in [0.5, 0.6) is 0 Å². The van der Waals surface area contributed by atoms with E-state index in [1.807, 2.05) is 47.8 Å². The van der Waals surface area contributed by atoms with Crippen LogP contribution in [0.15, 0.2) is 53.2 Å². The molecule has 5 nitrogen and oxygen atoms in total. The third kappa shape index (κ3) is 4.98. The van der Waals surface area contributed by atoms with E-state index in [0.29, 0.717) is 6.54 Å². The van der Waals surface area contributed by atoms with Gasteiger partial charge in [-0.05, 0) is 23.4 Å². The number of esters is 1. The highest BCUT2D eigenvalue weighted by atomic mass is 32.1. The summed E-state index contributed by atoms with van der Waals surface area (Å²) in [5.41, 5.74) is 1.37. The lowest BCUT2D eigenvalue weighted by atomic mass is 10.1. The summed E-state index contributed by atoms with van der Waals surface area (Å²) in [5, 5.41) is 7.10. The Kier molecular flexibility index (Phi) is 5.92. The zero-order chi connectivity index (χ0) is 17.5. The van der Waals surface area contributed by atoms with Crippen LogP contribution >= 0.6 is 22.7 Å². The second kappa shape index (κ2) is 8.55. The van der Waals surface area contributed by atoms with Gasteiger partial charge in [0.1, 0.15) is 5.01 Å². The van der Waals surface area contributed by atoms with Crippen molar-refractivity contribution in [1.82, 2.24) is 10.3 Å². The lowest BCUT2D eigenvalue weighted by Gasteiger charge is -2.06. The van der Waals surface area contributed by atoms with Crippen LogP contribution in [-0.4, -0.2) is 30.0 Å². The molecule has 2 aromatic heterocycles. The quantitative estimate of drug-likeness (QED) is 0.646. The van der Waals surface area contributed by atoms with Crippen LogP contribution in [0, 0.1) is 0 Å². The summed E-state index contributed by atoms with van der Waals surface area (Å²) in [6.45, 7) is 0.194. The fourth-order valence-corrected chi connectivity index (χ4v) is 3.73. The standard InChI is InChI=1S/C18H16N2O3S2/c21-16(19-9-8-13-5-2-1-3-6-13)11-23-18(22)14-12-25-17(20-14)15-7-4-10-24-15/h1-7,10,12H,8-9,11H2,(H,19,21). The molecule has 1 N–H and O–H groups in total. The van der Waals surface area contributed by atoms with E-state index in [9.17, 15) is 9.59 Å². The summed E-state index contributed by atoms with van der Waals surface area (Å²) in [4.78, 5) is 29.0. The molecule has 3 rings (SSSR count). The zero-order valence-corrected chi connectivity index (χ0v) is 14.9. The van der Waals surface area contributed by atoms with E-state index in [1.54, 1.807) is 16.7 Å². The first-order valence-electron chi connectivity index (χ1n) is 7.69. The lowest BCUT2D eigenvalue weighted by Crippen LogP contribution is -2.30. The third-order valence-corrected chi connectivity index (χ3v) is 5.24. The van der Waals surface area contributed by atoms with Crippen LogP contribution in [0.25, 0.3) is 9.88 Å². The van der Waals surface area contributed by atoms with Crippen molar-refractivity contribution in [3.63, 3.8) is 0 Å². The van der Waals surface area contributed by atoms with Crippen LogP contribution in [-0.2, 0) is 16.0 Å². The van der Waals surface area contributed by atoms with Crippen molar-refractivity contribution >= 4 is 34.6 Å². The highest BCUT2D eigenvalue weighted by Gasteiger charge is 2.15. The molecular weight excluding hydrogens is 356 g/mol. The molecule has 0 radical (unpaired) electrons. The minimum atomic E-state index is -0.586. The molecular formula is C18H16N2O3S2. The Bertz CT molecular complexity index is 829. The fourth-order valence-electron chi connectivity index (χ4n) is 2.13. The van der Waals surface area contributed by atoms with Crippen molar-refractivity contribution in [3.05, 3.63) is 64.5 Å². The molecule has 0 aliphatic rings. The average molecular weight is 372 g/mol. The Morgan fingerprint density at radius 1 is 1.08 bits per heavy atom. The Balaban J connectivity index is 1.42. The number of hydrogen-bond acceptors (Lipinski definition) is 6. The first-order chi connectivity index (χ1) is 12.2. The maximum Gasteiger partial charge on any atom is 0.358 e. The van der Waals surface area contributed by atoms with Crippen LogP contribution < -0.4 is 5.32 Å². The van der Waals surface area contributed by atoms with Crippen LogP contribution in [0.2, 0.25) is 0 Å². The Hall–Kier alpha value is -2.51. The average Bonchev–Trinajstić information content (AvgIpc) is 3.32. The number of carbonyl (C=O) groups excluding carboxylic acids is 2. The highest BCUT2D eigenvalue weighted by molar-refractivity contribution is 7.20. The monoisotopic (exact) mass is 372 g/mol. The molecule has 0 atom stereocenters. The summed E-state index contributed by atoms with van der Waals surface area (Å²) >= 11 is 2.94. The number of rotatable bonds is 7. The Morgan fingerprint density at radius 2 is 1.92 bits per heavy atom. The number of carbonyl (C=O) groups is 2. The summed E-state index contributed by atoms with van der Waals surface area (Å²) in [7, 11) is 0. The molecule has 0 aliphatic carbocycles.